The minimum absolute atomic E-state index is 0.00304. The molecule has 1 aliphatic rings. The molecule has 0 spiro atoms. The van der Waals surface area contributed by atoms with Crippen LogP contribution in [0.3, 0.4) is 0 Å². The zero-order valence-electron chi connectivity index (χ0n) is 12.1. The van der Waals surface area contributed by atoms with E-state index in [2.05, 4.69) is 11.9 Å². The van der Waals surface area contributed by atoms with Gasteiger partial charge in [-0.05, 0) is 36.6 Å². The van der Waals surface area contributed by atoms with Crippen molar-refractivity contribution in [3.05, 3.63) is 46.5 Å². The van der Waals surface area contributed by atoms with E-state index in [4.69, 9.17) is 23.2 Å². The molecule has 1 N–H and O–H groups in total. The van der Waals surface area contributed by atoms with Crippen LogP contribution in [0.2, 0.25) is 10.0 Å². The normalized spacial score (nSPS) is 15.5. The van der Waals surface area contributed by atoms with Crippen LogP contribution in [0, 0.1) is 5.92 Å². The first-order chi connectivity index (χ1) is 10.5. The highest BCUT2D eigenvalue weighted by molar-refractivity contribution is 6.35. The molecular formula is C16H18Cl2N2O2. The van der Waals surface area contributed by atoms with E-state index in [-0.39, 0.29) is 17.7 Å². The van der Waals surface area contributed by atoms with Gasteiger partial charge in [0.1, 0.15) is 0 Å². The quantitative estimate of drug-likeness (QED) is 0.856. The summed E-state index contributed by atoms with van der Waals surface area (Å²) in [5.41, 5.74) is 0.832. The summed E-state index contributed by atoms with van der Waals surface area (Å²) in [5.74, 6) is -0.150. The number of benzene rings is 1. The van der Waals surface area contributed by atoms with Gasteiger partial charge in [-0.1, -0.05) is 35.8 Å². The van der Waals surface area contributed by atoms with Crippen LogP contribution in [0.15, 0.2) is 30.9 Å². The van der Waals surface area contributed by atoms with E-state index >= 15 is 0 Å². The maximum absolute atomic E-state index is 12.2. The fourth-order valence-electron chi connectivity index (χ4n) is 2.48. The molecule has 0 aliphatic carbocycles. The average Bonchev–Trinajstić information content (AvgIpc) is 2.53. The zero-order valence-corrected chi connectivity index (χ0v) is 13.7. The number of piperidine rings is 1. The van der Waals surface area contributed by atoms with E-state index in [1.54, 1.807) is 23.1 Å². The third-order valence-electron chi connectivity index (χ3n) is 3.82. The second-order valence-electron chi connectivity index (χ2n) is 5.26. The summed E-state index contributed by atoms with van der Waals surface area (Å²) in [7, 11) is 0. The molecule has 1 saturated heterocycles. The first kappa shape index (κ1) is 16.8. The number of amides is 2. The van der Waals surface area contributed by atoms with Gasteiger partial charge in [0, 0.05) is 35.6 Å². The van der Waals surface area contributed by atoms with E-state index in [9.17, 15) is 9.59 Å². The Balaban J connectivity index is 1.83. The number of halogens is 2. The van der Waals surface area contributed by atoms with E-state index in [0.29, 0.717) is 42.5 Å². The lowest BCUT2D eigenvalue weighted by Crippen LogP contribution is -2.42. The lowest BCUT2D eigenvalue weighted by molar-refractivity contribution is -0.132. The van der Waals surface area contributed by atoms with Crippen LogP contribution >= 0.6 is 23.2 Å². The Bertz CT molecular complexity index is 582. The molecule has 4 nitrogen and oxygen atoms in total. The minimum atomic E-state index is -0.0770. The molecule has 1 fully saturated rings. The lowest BCUT2D eigenvalue weighted by atomic mass is 9.95. The van der Waals surface area contributed by atoms with Gasteiger partial charge in [-0.25, -0.2) is 0 Å². The average molecular weight is 341 g/mol. The summed E-state index contributed by atoms with van der Waals surface area (Å²) in [6, 6.07) is 5.20. The Labute approximate surface area is 140 Å². The minimum Gasteiger partial charge on any atom is -0.352 e. The SMILES string of the molecule is C=CC(=O)N1CCC(C(=O)NCc2ccc(Cl)cc2Cl)CC1. The van der Waals surface area contributed by atoms with Crippen molar-refractivity contribution < 1.29 is 9.59 Å². The van der Waals surface area contributed by atoms with Crippen LogP contribution in [0.1, 0.15) is 18.4 Å². The van der Waals surface area contributed by atoms with Gasteiger partial charge in [-0.2, -0.15) is 0 Å². The van der Waals surface area contributed by atoms with Crippen LogP contribution in [0.25, 0.3) is 0 Å². The summed E-state index contributed by atoms with van der Waals surface area (Å²) < 4.78 is 0. The Morgan fingerprint density at radius 3 is 2.59 bits per heavy atom. The number of hydrogen-bond acceptors (Lipinski definition) is 2. The number of hydrogen-bond donors (Lipinski definition) is 1. The standard InChI is InChI=1S/C16H18Cl2N2O2/c1-2-15(21)20-7-5-11(6-8-20)16(22)19-10-12-3-4-13(17)9-14(12)18/h2-4,9,11H,1,5-8,10H2,(H,19,22). The summed E-state index contributed by atoms with van der Waals surface area (Å²) >= 11 is 11.9. The zero-order chi connectivity index (χ0) is 16.1. The Morgan fingerprint density at radius 2 is 2.00 bits per heavy atom. The van der Waals surface area contributed by atoms with E-state index in [1.165, 1.54) is 6.08 Å². The largest absolute Gasteiger partial charge is 0.352 e. The molecule has 1 aromatic rings. The summed E-state index contributed by atoms with van der Waals surface area (Å²) in [6.07, 6.45) is 2.64. The van der Waals surface area contributed by atoms with Crippen LogP contribution in [0.5, 0.6) is 0 Å². The predicted octanol–water partition coefficient (Wildman–Crippen LogP) is 3.03. The van der Waals surface area contributed by atoms with Gasteiger partial charge in [0.15, 0.2) is 0 Å². The Hall–Kier alpha value is -1.52. The number of likely N-dealkylation sites (tertiary alicyclic amines) is 1. The smallest absolute Gasteiger partial charge is 0.245 e. The summed E-state index contributed by atoms with van der Waals surface area (Å²) in [6.45, 7) is 5.03. The van der Waals surface area contributed by atoms with Crippen molar-refractivity contribution in [2.75, 3.05) is 13.1 Å². The van der Waals surface area contributed by atoms with Gasteiger partial charge in [0.25, 0.3) is 0 Å². The number of carbonyl (C=O) groups excluding carboxylic acids is 2. The number of rotatable bonds is 4. The molecule has 0 radical (unpaired) electrons. The second kappa shape index (κ2) is 7.65. The fraction of sp³-hybridized carbons (Fsp3) is 0.375. The first-order valence-electron chi connectivity index (χ1n) is 7.14. The monoisotopic (exact) mass is 340 g/mol. The van der Waals surface area contributed by atoms with E-state index < -0.39 is 0 Å². The number of carbonyl (C=O) groups is 2. The molecule has 0 atom stereocenters. The van der Waals surface area contributed by atoms with E-state index in [0.717, 1.165) is 5.56 Å². The van der Waals surface area contributed by atoms with Gasteiger partial charge >= 0.3 is 0 Å². The Kier molecular flexibility index (Phi) is 5.86. The molecule has 118 valence electrons. The van der Waals surface area contributed by atoms with Crippen molar-refractivity contribution in [1.29, 1.82) is 0 Å². The molecule has 0 saturated carbocycles. The third kappa shape index (κ3) is 4.24. The molecule has 6 heteroatoms. The van der Waals surface area contributed by atoms with Crippen LogP contribution in [0.4, 0.5) is 0 Å². The third-order valence-corrected chi connectivity index (χ3v) is 4.41. The molecule has 0 unspecified atom stereocenters. The number of nitrogens with zero attached hydrogens (tertiary/aromatic N) is 1. The molecule has 1 aromatic carbocycles. The van der Waals surface area contributed by atoms with Gasteiger partial charge in [-0.15, -0.1) is 0 Å². The van der Waals surface area contributed by atoms with Crippen molar-refractivity contribution in [1.82, 2.24) is 10.2 Å². The highest BCUT2D eigenvalue weighted by Crippen LogP contribution is 2.22. The van der Waals surface area contributed by atoms with Gasteiger partial charge in [0.05, 0.1) is 0 Å². The van der Waals surface area contributed by atoms with Crippen molar-refractivity contribution in [2.45, 2.75) is 19.4 Å². The topological polar surface area (TPSA) is 49.4 Å². The van der Waals surface area contributed by atoms with Crippen LogP contribution < -0.4 is 5.32 Å². The maximum atomic E-state index is 12.2. The number of nitrogens with one attached hydrogen (secondary N) is 1. The predicted molar refractivity (Wildman–Crippen MR) is 87.8 cm³/mol. The first-order valence-corrected chi connectivity index (χ1v) is 7.90. The molecular weight excluding hydrogens is 323 g/mol. The highest BCUT2D eigenvalue weighted by atomic mass is 35.5. The van der Waals surface area contributed by atoms with Crippen LogP contribution in [-0.4, -0.2) is 29.8 Å². The highest BCUT2D eigenvalue weighted by Gasteiger charge is 2.26. The van der Waals surface area contributed by atoms with Crippen molar-refractivity contribution >= 4 is 35.0 Å². The molecule has 22 heavy (non-hydrogen) atoms. The Morgan fingerprint density at radius 1 is 1.32 bits per heavy atom. The van der Waals surface area contributed by atoms with Crippen molar-refractivity contribution in [3.63, 3.8) is 0 Å². The molecule has 1 heterocycles. The maximum Gasteiger partial charge on any atom is 0.245 e. The lowest BCUT2D eigenvalue weighted by Gasteiger charge is -2.30. The van der Waals surface area contributed by atoms with Gasteiger partial charge < -0.3 is 10.2 Å². The second-order valence-corrected chi connectivity index (χ2v) is 6.10. The molecule has 2 rings (SSSR count). The summed E-state index contributed by atoms with van der Waals surface area (Å²) in [4.78, 5) is 25.4. The molecule has 2 amide bonds. The molecule has 0 aromatic heterocycles. The van der Waals surface area contributed by atoms with E-state index in [1.807, 2.05) is 0 Å². The van der Waals surface area contributed by atoms with Gasteiger partial charge in [-0.3, -0.25) is 9.59 Å². The van der Waals surface area contributed by atoms with Crippen LogP contribution in [-0.2, 0) is 16.1 Å². The van der Waals surface area contributed by atoms with Crippen molar-refractivity contribution in [3.8, 4) is 0 Å². The van der Waals surface area contributed by atoms with Crippen molar-refractivity contribution in [2.24, 2.45) is 5.92 Å². The molecule has 1 aliphatic heterocycles. The molecule has 0 bridgehead atoms. The van der Waals surface area contributed by atoms with Gasteiger partial charge in [0.2, 0.25) is 11.8 Å². The summed E-state index contributed by atoms with van der Waals surface area (Å²) in [5, 5.41) is 4.01. The fourth-order valence-corrected chi connectivity index (χ4v) is 2.96.